The molecule has 214 valence electrons. The van der Waals surface area contributed by atoms with Gasteiger partial charge in [-0.15, -0.1) is 0 Å². The van der Waals surface area contributed by atoms with Crippen LogP contribution in [0.1, 0.15) is 62.4 Å². The first kappa shape index (κ1) is 28.3. The molecule has 4 atom stereocenters. The van der Waals surface area contributed by atoms with E-state index in [1.54, 1.807) is 30.5 Å². The molecule has 1 aromatic heterocycles. The highest BCUT2D eigenvalue weighted by Gasteiger charge is 2.53. The largest absolute Gasteiger partial charge is 0.507 e. The lowest BCUT2D eigenvalue weighted by Gasteiger charge is -2.47. The maximum Gasteiger partial charge on any atom is 0.455 e. The van der Waals surface area contributed by atoms with Crippen molar-refractivity contribution in [3.05, 3.63) is 105 Å². The Morgan fingerprint density at radius 3 is 2.38 bits per heavy atom. The molecule has 0 spiro atoms. The van der Waals surface area contributed by atoms with Crippen molar-refractivity contribution in [2.45, 2.75) is 45.5 Å². The lowest BCUT2D eigenvalue weighted by molar-refractivity contribution is 0.0591. The Labute approximate surface area is 245 Å². The molecule has 0 unspecified atom stereocenters. The summed E-state index contributed by atoms with van der Waals surface area (Å²) in [5, 5.41) is 31.6. The third-order valence-electron chi connectivity index (χ3n) is 9.08. The second kappa shape index (κ2) is 11.4. The van der Waals surface area contributed by atoms with E-state index < -0.39 is 31.0 Å². The predicted octanol–water partition coefficient (Wildman–Crippen LogP) is 5.22. The molecule has 1 fully saturated rings. The van der Waals surface area contributed by atoms with Crippen molar-refractivity contribution in [1.29, 1.82) is 0 Å². The highest BCUT2D eigenvalue weighted by Crippen LogP contribution is 2.51. The molecule has 1 aliphatic heterocycles. The fourth-order valence-corrected chi connectivity index (χ4v) is 7.20. The summed E-state index contributed by atoms with van der Waals surface area (Å²) in [4.78, 5) is 31.9. The fourth-order valence-electron chi connectivity index (χ4n) is 7.20. The second-order valence-corrected chi connectivity index (χ2v) is 11.7. The van der Waals surface area contributed by atoms with E-state index >= 15 is 0 Å². The number of Topliss-reactive ketones (excluding diaryl/α,β-unsaturated/α-hetero) is 2. The summed E-state index contributed by atoms with van der Waals surface area (Å²) in [6.07, 6.45) is 4.80. The number of nitrogens with zero attached hydrogens (tertiary/aromatic N) is 1. The number of carbonyl (C=O) groups is 2. The van der Waals surface area contributed by atoms with E-state index in [0.717, 1.165) is 39.1 Å². The number of benzene rings is 2. The topological polar surface area (TPSA) is 117 Å². The number of aromatic nitrogens is 1. The standard InChI is InChI=1S/C34H34BNO6/c1-19-13-21(14-20(2)32(19)38)15-22(28-9-5-6-12-36-28)10-11-29-30-23(18-37)16-26-31(27(30)17-35(41)42-29)34(40)25-8-4-3-7-24(25)33(26)39/h3-9,12-15,26-27,29,31,37-38,41H,10-11,16-18H2,1-2H3/b22-15-/t26-,27+,29-,31-/m1/s1. The van der Waals surface area contributed by atoms with E-state index in [1.165, 1.54) is 0 Å². The van der Waals surface area contributed by atoms with Crippen LogP contribution >= 0.6 is 0 Å². The van der Waals surface area contributed by atoms with Crippen LogP contribution in [0.2, 0.25) is 6.32 Å². The van der Waals surface area contributed by atoms with E-state index in [-0.39, 0.29) is 30.2 Å². The van der Waals surface area contributed by atoms with E-state index in [1.807, 2.05) is 44.2 Å². The number of hydrogen-bond donors (Lipinski definition) is 3. The number of aryl methyl sites for hydroxylation is 2. The van der Waals surface area contributed by atoms with Gasteiger partial charge in [0.15, 0.2) is 11.6 Å². The first-order valence-electron chi connectivity index (χ1n) is 14.5. The molecule has 3 aromatic rings. The monoisotopic (exact) mass is 563 g/mol. The molecule has 2 aliphatic carbocycles. The van der Waals surface area contributed by atoms with Gasteiger partial charge in [0.05, 0.1) is 18.4 Å². The van der Waals surface area contributed by atoms with Crippen molar-refractivity contribution in [1.82, 2.24) is 4.98 Å². The highest BCUT2D eigenvalue weighted by atomic mass is 16.5. The molecule has 42 heavy (non-hydrogen) atoms. The van der Waals surface area contributed by atoms with Gasteiger partial charge in [-0.05, 0) is 109 Å². The zero-order valence-corrected chi connectivity index (χ0v) is 23.8. The average Bonchev–Trinajstić information content (AvgIpc) is 3.00. The van der Waals surface area contributed by atoms with Gasteiger partial charge >= 0.3 is 7.12 Å². The summed E-state index contributed by atoms with van der Waals surface area (Å²) in [6, 6.07) is 16.5. The molecule has 6 rings (SSSR count). The van der Waals surface area contributed by atoms with Crippen LogP contribution in [0.15, 0.2) is 71.9 Å². The highest BCUT2D eigenvalue weighted by molar-refractivity contribution is 6.43. The number of aromatic hydroxyl groups is 1. The van der Waals surface area contributed by atoms with Crippen molar-refractivity contribution < 1.29 is 29.5 Å². The van der Waals surface area contributed by atoms with Gasteiger partial charge in [0.2, 0.25) is 0 Å². The molecule has 0 bridgehead atoms. The van der Waals surface area contributed by atoms with Crippen molar-refractivity contribution in [2.75, 3.05) is 6.61 Å². The number of phenols is 1. The number of rotatable bonds is 6. The number of aliphatic hydroxyl groups is 1. The summed E-state index contributed by atoms with van der Waals surface area (Å²) in [7, 11) is -1.09. The van der Waals surface area contributed by atoms with Crippen LogP contribution in [0.25, 0.3) is 11.6 Å². The summed E-state index contributed by atoms with van der Waals surface area (Å²) in [6.45, 7) is 3.50. The number of phenolic OH excluding ortho intramolecular Hbond substituents is 1. The van der Waals surface area contributed by atoms with Gasteiger partial charge < -0.3 is 19.9 Å². The minimum absolute atomic E-state index is 0.0717. The van der Waals surface area contributed by atoms with E-state index in [2.05, 4.69) is 11.1 Å². The Bertz CT molecular complexity index is 1590. The van der Waals surface area contributed by atoms with Gasteiger partial charge in [0.1, 0.15) is 5.75 Å². The maximum atomic E-state index is 13.8. The lowest BCUT2D eigenvalue weighted by atomic mass is 9.54. The van der Waals surface area contributed by atoms with Crippen molar-refractivity contribution in [3.8, 4) is 5.75 Å². The lowest BCUT2D eigenvalue weighted by Crippen LogP contribution is -2.51. The third-order valence-corrected chi connectivity index (χ3v) is 9.08. The smallest absolute Gasteiger partial charge is 0.455 e. The Hall–Kier alpha value is -3.85. The molecule has 2 aromatic carbocycles. The average molecular weight is 563 g/mol. The molecular formula is C34H34BNO6. The number of fused-ring (bicyclic) bond motifs is 4. The van der Waals surface area contributed by atoms with E-state index in [0.29, 0.717) is 30.4 Å². The van der Waals surface area contributed by atoms with Crippen LogP contribution in [0.5, 0.6) is 5.75 Å². The molecule has 3 N–H and O–H groups in total. The van der Waals surface area contributed by atoms with Crippen LogP contribution in [-0.4, -0.2) is 51.6 Å². The number of ketones is 2. The molecule has 0 saturated carbocycles. The second-order valence-electron chi connectivity index (χ2n) is 11.7. The summed E-state index contributed by atoms with van der Waals surface area (Å²) >= 11 is 0. The minimum atomic E-state index is -1.09. The van der Waals surface area contributed by atoms with Crippen LogP contribution in [0.3, 0.4) is 0 Å². The third kappa shape index (κ3) is 5.04. The molecule has 7 nitrogen and oxygen atoms in total. The summed E-state index contributed by atoms with van der Waals surface area (Å²) < 4.78 is 6.10. The molecule has 8 heteroatoms. The molecule has 0 amide bonds. The van der Waals surface area contributed by atoms with Gasteiger partial charge in [-0.1, -0.05) is 30.3 Å². The van der Waals surface area contributed by atoms with Gasteiger partial charge in [-0.3, -0.25) is 14.6 Å². The number of allylic oxidation sites excluding steroid dienone is 1. The van der Waals surface area contributed by atoms with Crippen LogP contribution in [-0.2, 0) is 4.65 Å². The van der Waals surface area contributed by atoms with Crippen LogP contribution in [0.4, 0.5) is 0 Å². The number of carbonyl (C=O) groups excluding carboxylic acids is 2. The number of pyridine rings is 1. The van der Waals surface area contributed by atoms with Crippen molar-refractivity contribution in [2.24, 2.45) is 17.8 Å². The molecule has 0 radical (unpaired) electrons. The first-order chi connectivity index (χ1) is 20.3. The fraction of sp³-hybridized carbons (Fsp3) is 0.324. The van der Waals surface area contributed by atoms with Crippen LogP contribution in [0, 0.1) is 31.6 Å². The van der Waals surface area contributed by atoms with Gasteiger partial charge in [0.25, 0.3) is 0 Å². The van der Waals surface area contributed by atoms with Gasteiger partial charge in [0, 0.05) is 29.2 Å². The van der Waals surface area contributed by atoms with Crippen molar-refractivity contribution >= 4 is 30.3 Å². The molecular weight excluding hydrogens is 529 g/mol. The molecule has 2 heterocycles. The Kier molecular flexibility index (Phi) is 7.70. The van der Waals surface area contributed by atoms with Gasteiger partial charge in [-0.2, -0.15) is 0 Å². The van der Waals surface area contributed by atoms with Crippen LogP contribution < -0.4 is 0 Å². The van der Waals surface area contributed by atoms with Gasteiger partial charge in [-0.25, -0.2) is 0 Å². The Morgan fingerprint density at radius 1 is 1.02 bits per heavy atom. The summed E-state index contributed by atoms with van der Waals surface area (Å²) in [5.41, 5.74) is 6.72. The number of aliphatic hydroxyl groups excluding tert-OH is 1. The van der Waals surface area contributed by atoms with Crippen molar-refractivity contribution in [3.63, 3.8) is 0 Å². The Balaban J connectivity index is 1.35. The first-order valence-corrected chi connectivity index (χ1v) is 14.5. The zero-order valence-electron chi connectivity index (χ0n) is 23.8. The predicted molar refractivity (Wildman–Crippen MR) is 161 cm³/mol. The van der Waals surface area contributed by atoms with E-state index in [4.69, 9.17) is 4.65 Å². The SMILES string of the molecule is Cc1cc(/C=C(/CC[C@H]2OB(O)C[C@H]3C2=C(CO)C[C@H]2C(=O)c4ccccc4C(=O)[C@H]23)c2ccccn2)cc(C)c1O. The minimum Gasteiger partial charge on any atom is -0.507 e. The Morgan fingerprint density at radius 2 is 1.71 bits per heavy atom. The normalized spacial score (nSPS) is 23.9. The number of hydrogen-bond acceptors (Lipinski definition) is 7. The zero-order chi connectivity index (χ0) is 29.5. The quantitative estimate of drug-likeness (QED) is 0.278. The molecule has 1 saturated heterocycles. The maximum absolute atomic E-state index is 13.8. The summed E-state index contributed by atoms with van der Waals surface area (Å²) in [5.74, 6) is -1.41. The molecule has 3 aliphatic rings. The van der Waals surface area contributed by atoms with E-state index in [9.17, 15) is 24.8 Å².